The van der Waals surface area contributed by atoms with E-state index < -0.39 is 0 Å². The largest absolute Gasteiger partial charge is 0.497 e. The molecule has 140 valence electrons. The Hall–Kier alpha value is -2.93. The summed E-state index contributed by atoms with van der Waals surface area (Å²) in [5.41, 5.74) is 2.11. The van der Waals surface area contributed by atoms with E-state index in [2.05, 4.69) is 26.5 Å². The SMILES string of the molecule is COc1ccc(OC)c([C@H]2CCCN2Cc2nnnn2-c2ccccc2)c1. The average molecular weight is 365 g/mol. The lowest BCUT2D eigenvalue weighted by Gasteiger charge is -2.26. The van der Waals surface area contributed by atoms with Gasteiger partial charge in [-0.15, -0.1) is 5.10 Å². The molecule has 0 radical (unpaired) electrons. The summed E-state index contributed by atoms with van der Waals surface area (Å²) < 4.78 is 12.8. The van der Waals surface area contributed by atoms with Gasteiger partial charge in [0.2, 0.25) is 0 Å². The van der Waals surface area contributed by atoms with Gasteiger partial charge in [-0.3, -0.25) is 4.90 Å². The van der Waals surface area contributed by atoms with Gasteiger partial charge in [-0.05, 0) is 60.1 Å². The molecule has 7 heteroatoms. The van der Waals surface area contributed by atoms with Crippen LogP contribution in [0, 0.1) is 0 Å². The Morgan fingerprint density at radius 1 is 1.07 bits per heavy atom. The summed E-state index contributed by atoms with van der Waals surface area (Å²) in [6.45, 7) is 1.67. The number of methoxy groups -OCH3 is 2. The zero-order chi connectivity index (χ0) is 18.6. The van der Waals surface area contributed by atoms with E-state index in [0.717, 1.165) is 48.0 Å². The Bertz CT molecular complexity index is 896. The van der Waals surface area contributed by atoms with Crippen molar-refractivity contribution in [1.29, 1.82) is 0 Å². The van der Waals surface area contributed by atoms with Crippen LogP contribution in [0.3, 0.4) is 0 Å². The highest BCUT2D eigenvalue weighted by Gasteiger charge is 2.30. The molecule has 7 nitrogen and oxygen atoms in total. The first-order chi connectivity index (χ1) is 13.3. The maximum absolute atomic E-state index is 5.61. The lowest BCUT2D eigenvalue weighted by Crippen LogP contribution is -2.25. The van der Waals surface area contributed by atoms with Crippen LogP contribution < -0.4 is 9.47 Å². The van der Waals surface area contributed by atoms with Crippen molar-refractivity contribution < 1.29 is 9.47 Å². The fourth-order valence-electron chi connectivity index (χ4n) is 3.72. The van der Waals surface area contributed by atoms with E-state index in [1.165, 1.54) is 0 Å². The summed E-state index contributed by atoms with van der Waals surface area (Å²) >= 11 is 0. The van der Waals surface area contributed by atoms with Crippen LogP contribution in [0.2, 0.25) is 0 Å². The first kappa shape index (κ1) is 17.5. The first-order valence-corrected chi connectivity index (χ1v) is 9.09. The van der Waals surface area contributed by atoms with E-state index in [9.17, 15) is 0 Å². The van der Waals surface area contributed by atoms with Crippen LogP contribution in [0.4, 0.5) is 0 Å². The molecule has 2 aromatic carbocycles. The Morgan fingerprint density at radius 3 is 2.70 bits per heavy atom. The van der Waals surface area contributed by atoms with Crippen molar-refractivity contribution in [3.8, 4) is 17.2 Å². The van der Waals surface area contributed by atoms with Crippen molar-refractivity contribution in [1.82, 2.24) is 25.1 Å². The second kappa shape index (κ2) is 7.75. The van der Waals surface area contributed by atoms with Gasteiger partial charge < -0.3 is 9.47 Å². The van der Waals surface area contributed by atoms with E-state index in [0.29, 0.717) is 6.54 Å². The number of rotatable bonds is 6. The number of hydrogen-bond acceptors (Lipinski definition) is 6. The summed E-state index contributed by atoms with van der Waals surface area (Å²) in [6, 6.07) is 16.2. The van der Waals surface area contributed by atoms with Gasteiger partial charge >= 0.3 is 0 Å². The normalized spacial score (nSPS) is 17.2. The van der Waals surface area contributed by atoms with Gasteiger partial charge in [0.05, 0.1) is 26.5 Å². The number of likely N-dealkylation sites (tertiary alicyclic amines) is 1. The predicted octanol–water partition coefficient (Wildman–Crippen LogP) is 3.02. The zero-order valence-corrected chi connectivity index (χ0v) is 15.6. The molecule has 0 bridgehead atoms. The highest BCUT2D eigenvalue weighted by molar-refractivity contribution is 5.42. The first-order valence-electron chi connectivity index (χ1n) is 9.09. The van der Waals surface area contributed by atoms with Crippen molar-refractivity contribution >= 4 is 0 Å². The van der Waals surface area contributed by atoms with Gasteiger partial charge in [-0.1, -0.05) is 18.2 Å². The average Bonchev–Trinajstić information content (AvgIpc) is 3.38. The molecule has 1 aliphatic heterocycles. The van der Waals surface area contributed by atoms with Crippen molar-refractivity contribution in [3.63, 3.8) is 0 Å². The molecule has 1 fully saturated rings. The third-order valence-electron chi connectivity index (χ3n) is 5.04. The zero-order valence-electron chi connectivity index (χ0n) is 15.6. The highest BCUT2D eigenvalue weighted by Crippen LogP contribution is 2.39. The second-order valence-corrected chi connectivity index (χ2v) is 6.58. The Balaban J connectivity index is 1.62. The maximum atomic E-state index is 5.61. The number of tetrazole rings is 1. The summed E-state index contributed by atoms with van der Waals surface area (Å²) in [5, 5.41) is 12.3. The number of benzene rings is 2. The standard InChI is InChI=1S/C20H23N5O2/c1-26-16-10-11-19(27-2)17(13-16)18-9-6-12-24(18)14-20-21-22-23-25(20)15-7-4-3-5-8-15/h3-5,7-8,10-11,13,18H,6,9,12,14H2,1-2H3/t18-/m1/s1. The molecule has 3 aromatic rings. The van der Waals surface area contributed by atoms with Crippen molar-refractivity contribution in [2.24, 2.45) is 0 Å². The van der Waals surface area contributed by atoms with Crippen LogP contribution >= 0.6 is 0 Å². The van der Waals surface area contributed by atoms with Crippen LogP contribution in [0.25, 0.3) is 5.69 Å². The number of para-hydroxylation sites is 1. The van der Waals surface area contributed by atoms with E-state index in [1.807, 2.05) is 42.5 Å². The fraction of sp³-hybridized carbons (Fsp3) is 0.350. The van der Waals surface area contributed by atoms with Crippen LogP contribution in [-0.2, 0) is 6.54 Å². The van der Waals surface area contributed by atoms with Crippen LogP contribution in [0.1, 0.15) is 30.3 Å². The molecule has 0 aliphatic carbocycles. The third kappa shape index (κ3) is 3.50. The Kier molecular flexibility index (Phi) is 5.02. The van der Waals surface area contributed by atoms with E-state index in [-0.39, 0.29) is 6.04 Å². The molecular weight excluding hydrogens is 342 g/mol. The predicted molar refractivity (Wildman–Crippen MR) is 101 cm³/mol. The lowest BCUT2D eigenvalue weighted by atomic mass is 10.0. The molecule has 2 heterocycles. The van der Waals surface area contributed by atoms with E-state index in [4.69, 9.17) is 9.47 Å². The van der Waals surface area contributed by atoms with Gasteiger partial charge in [-0.25, -0.2) is 0 Å². The van der Waals surface area contributed by atoms with Gasteiger partial charge in [0.1, 0.15) is 11.5 Å². The Morgan fingerprint density at radius 2 is 1.93 bits per heavy atom. The van der Waals surface area contributed by atoms with Crippen LogP contribution in [0.15, 0.2) is 48.5 Å². The minimum absolute atomic E-state index is 0.246. The van der Waals surface area contributed by atoms with Crippen molar-refractivity contribution in [2.45, 2.75) is 25.4 Å². The number of hydrogen-bond donors (Lipinski definition) is 0. The molecule has 0 spiro atoms. The van der Waals surface area contributed by atoms with Gasteiger partial charge in [0, 0.05) is 11.6 Å². The molecule has 4 rings (SSSR count). The third-order valence-corrected chi connectivity index (χ3v) is 5.04. The van der Waals surface area contributed by atoms with Gasteiger partial charge in [0.25, 0.3) is 0 Å². The molecule has 0 saturated carbocycles. The van der Waals surface area contributed by atoms with Crippen molar-refractivity contribution in [3.05, 3.63) is 59.9 Å². The topological polar surface area (TPSA) is 65.3 Å². The minimum atomic E-state index is 0.246. The molecule has 1 atom stereocenters. The molecule has 1 saturated heterocycles. The van der Waals surface area contributed by atoms with Gasteiger partial charge in [0.15, 0.2) is 5.82 Å². The van der Waals surface area contributed by atoms with Gasteiger partial charge in [-0.2, -0.15) is 4.68 Å². The summed E-state index contributed by atoms with van der Waals surface area (Å²) in [7, 11) is 3.40. The number of aromatic nitrogens is 4. The number of nitrogens with zero attached hydrogens (tertiary/aromatic N) is 5. The summed E-state index contributed by atoms with van der Waals surface area (Å²) in [5.74, 6) is 2.55. The maximum Gasteiger partial charge on any atom is 0.170 e. The van der Waals surface area contributed by atoms with Crippen LogP contribution in [0.5, 0.6) is 11.5 Å². The monoisotopic (exact) mass is 365 g/mol. The smallest absolute Gasteiger partial charge is 0.170 e. The minimum Gasteiger partial charge on any atom is -0.497 e. The summed E-state index contributed by atoms with van der Waals surface area (Å²) in [4.78, 5) is 2.41. The van der Waals surface area contributed by atoms with E-state index >= 15 is 0 Å². The van der Waals surface area contributed by atoms with Crippen LogP contribution in [-0.4, -0.2) is 45.9 Å². The molecule has 1 aliphatic rings. The quantitative estimate of drug-likeness (QED) is 0.669. The second-order valence-electron chi connectivity index (χ2n) is 6.58. The Labute approximate surface area is 158 Å². The molecule has 0 unspecified atom stereocenters. The number of ether oxygens (including phenoxy) is 2. The molecule has 27 heavy (non-hydrogen) atoms. The summed E-state index contributed by atoms with van der Waals surface area (Å²) in [6.07, 6.45) is 2.19. The molecule has 0 N–H and O–H groups in total. The molecule has 0 amide bonds. The fourth-order valence-corrected chi connectivity index (χ4v) is 3.72. The van der Waals surface area contributed by atoms with Crippen molar-refractivity contribution in [2.75, 3.05) is 20.8 Å². The van der Waals surface area contributed by atoms with E-state index in [1.54, 1.807) is 18.9 Å². The molecular formula is C20H23N5O2. The lowest BCUT2D eigenvalue weighted by molar-refractivity contribution is 0.234. The highest BCUT2D eigenvalue weighted by atomic mass is 16.5. The molecule has 1 aromatic heterocycles.